The van der Waals surface area contributed by atoms with Crippen LogP contribution in [0.5, 0.6) is 5.75 Å². The van der Waals surface area contributed by atoms with Gasteiger partial charge in [-0.05, 0) is 18.2 Å². The molecule has 0 bridgehead atoms. The first-order valence-corrected chi connectivity index (χ1v) is 12.8. The summed E-state index contributed by atoms with van der Waals surface area (Å²) in [5.41, 5.74) is 0.980. The van der Waals surface area contributed by atoms with E-state index in [1.807, 2.05) is 24.3 Å². The minimum absolute atomic E-state index is 0.447. The Morgan fingerprint density at radius 2 is 1.94 bits per heavy atom. The van der Waals surface area contributed by atoms with E-state index in [0.717, 1.165) is 5.56 Å². The molecular weight excluding hydrogens is 388 g/mol. The summed E-state index contributed by atoms with van der Waals surface area (Å²) in [6.07, 6.45) is 0. The third-order valence-corrected chi connectivity index (χ3v) is 2.58. The van der Waals surface area contributed by atoms with Gasteiger partial charge in [0.1, 0.15) is 5.75 Å². The monoisotopic (exact) mass is 394 g/mol. The van der Waals surface area contributed by atoms with Crippen LogP contribution in [0, 0.1) is 6.07 Å². The molecule has 0 heterocycles. The third kappa shape index (κ3) is 5.28. The Morgan fingerprint density at radius 3 is 2.56 bits per heavy atom. The van der Waals surface area contributed by atoms with E-state index in [9.17, 15) is 0 Å². The fraction of sp³-hybridized carbons (Fsp3) is 0.0769. The Kier molecular flexibility index (Phi) is 7.93. The normalized spacial score (nSPS) is 9.39. The van der Waals surface area contributed by atoms with Crippen molar-refractivity contribution >= 4 is 36.8 Å². The Labute approximate surface area is 133 Å². The molecule has 18 heavy (non-hydrogen) atoms. The second kappa shape index (κ2) is 8.93. The van der Waals surface area contributed by atoms with Gasteiger partial charge in [-0.25, -0.2) is 0 Å². The molecule has 2 aromatic carbocycles. The number of halogens is 3. The molecule has 0 saturated carbocycles. The van der Waals surface area contributed by atoms with Gasteiger partial charge in [-0.15, -0.1) is 5.56 Å². The average Bonchev–Trinajstić information content (AvgIpc) is 2.41. The molecule has 0 spiro atoms. The third-order valence-electron chi connectivity index (χ3n) is 2.05. The zero-order valence-corrected chi connectivity index (χ0v) is 15.6. The SMILES string of the molecule is Clc1ccc(OCc2[c-]cccc2)c(Cl)c1.[Zn+][Br]. The summed E-state index contributed by atoms with van der Waals surface area (Å²) in [6, 6.07) is 15.9. The molecule has 1 nitrogen and oxygen atoms in total. The van der Waals surface area contributed by atoms with E-state index in [1.54, 1.807) is 18.2 Å². The molecule has 0 amide bonds. The van der Waals surface area contributed by atoms with E-state index in [0.29, 0.717) is 22.4 Å². The summed E-state index contributed by atoms with van der Waals surface area (Å²) in [5, 5.41) is 1.12. The maximum absolute atomic E-state index is 5.98. The molecule has 2 rings (SSSR count). The van der Waals surface area contributed by atoms with Gasteiger partial charge in [0.2, 0.25) is 0 Å². The molecule has 0 unspecified atom stereocenters. The van der Waals surface area contributed by atoms with Crippen molar-refractivity contribution in [3.8, 4) is 5.75 Å². The Hall–Kier alpha value is -0.0766. The molecule has 0 saturated heterocycles. The van der Waals surface area contributed by atoms with Gasteiger partial charge in [0.15, 0.2) is 0 Å². The van der Waals surface area contributed by atoms with Crippen molar-refractivity contribution in [2.24, 2.45) is 0 Å². The van der Waals surface area contributed by atoms with Crippen molar-refractivity contribution in [2.75, 3.05) is 0 Å². The van der Waals surface area contributed by atoms with Crippen LogP contribution < -0.4 is 4.74 Å². The van der Waals surface area contributed by atoms with Crippen molar-refractivity contribution < 1.29 is 21.1 Å². The van der Waals surface area contributed by atoms with Crippen molar-refractivity contribution in [3.05, 3.63) is 64.1 Å². The number of hydrogen-bond acceptors (Lipinski definition) is 1. The predicted molar refractivity (Wildman–Crippen MR) is 75.0 cm³/mol. The van der Waals surface area contributed by atoms with E-state index in [-0.39, 0.29) is 0 Å². The average molecular weight is 397 g/mol. The number of ether oxygens (including phenoxy) is 1. The van der Waals surface area contributed by atoms with Gasteiger partial charge in [0, 0.05) is 5.02 Å². The van der Waals surface area contributed by atoms with Gasteiger partial charge in [0.05, 0.1) is 11.6 Å². The predicted octanol–water partition coefficient (Wildman–Crippen LogP) is 5.22. The molecule has 0 aliphatic heterocycles. The van der Waals surface area contributed by atoms with Gasteiger partial charge in [0.25, 0.3) is 0 Å². The second-order valence-electron chi connectivity index (χ2n) is 3.25. The molecule has 90 valence electrons. The van der Waals surface area contributed by atoms with Crippen LogP contribution in [-0.4, -0.2) is 0 Å². The zero-order valence-electron chi connectivity index (χ0n) is 9.50. The van der Waals surface area contributed by atoms with E-state index >= 15 is 0 Å². The van der Waals surface area contributed by atoms with Crippen LogP contribution in [0.2, 0.25) is 10.0 Å². The second-order valence-corrected chi connectivity index (χ2v) is 4.09. The molecule has 0 atom stereocenters. The first kappa shape index (κ1) is 16.0. The molecule has 0 aliphatic rings. The molecular formula is C13H9BrCl2OZn. The van der Waals surface area contributed by atoms with Gasteiger partial charge >= 0.3 is 30.0 Å². The minimum atomic E-state index is 0.447. The molecule has 5 heteroatoms. The van der Waals surface area contributed by atoms with Gasteiger partial charge in [-0.3, -0.25) is 0 Å². The molecule has 0 fully saturated rings. The molecule has 0 radical (unpaired) electrons. The van der Waals surface area contributed by atoms with Crippen LogP contribution >= 0.6 is 36.8 Å². The van der Waals surface area contributed by atoms with E-state index in [1.165, 1.54) is 16.3 Å². The van der Waals surface area contributed by atoms with Crippen LogP contribution in [-0.2, 0) is 22.9 Å². The summed E-state index contributed by atoms with van der Waals surface area (Å²) in [5.74, 6) is 0.628. The van der Waals surface area contributed by atoms with Gasteiger partial charge in [-0.1, -0.05) is 23.2 Å². The Balaban J connectivity index is 0.000000771. The van der Waals surface area contributed by atoms with Crippen molar-refractivity contribution in [1.82, 2.24) is 0 Å². The standard InChI is InChI=1S/C13H9Cl2O.BrH.Zn/c14-11-6-7-13(12(15)8-11)16-9-10-4-2-1-3-5-10;;/h1-4,6-8H,9H2;1H;/q-1;;+2/p-1. The number of rotatable bonds is 3. The summed E-state index contributed by atoms with van der Waals surface area (Å²) in [6.45, 7) is 0.447. The molecule has 0 N–H and O–H groups in total. The Morgan fingerprint density at radius 1 is 1.17 bits per heavy atom. The summed E-state index contributed by atoms with van der Waals surface area (Å²) in [4.78, 5) is 0. The summed E-state index contributed by atoms with van der Waals surface area (Å²) < 4.78 is 5.56. The maximum atomic E-state index is 5.98. The van der Waals surface area contributed by atoms with Crippen LogP contribution in [0.25, 0.3) is 0 Å². The number of hydrogen-bond donors (Lipinski definition) is 0. The van der Waals surface area contributed by atoms with Gasteiger partial charge in [-0.2, -0.15) is 30.3 Å². The molecule has 0 aromatic heterocycles. The quantitative estimate of drug-likeness (QED) is 0.510. The fourth-order valence-electron chi connectivity index (χ4n) is 1.27. The number of benzene rings is 2. The van der Waals surface area contributed by atoms with Gasteiger partial charge < -0.3 is 4.74 Å². The first-order chi connectivity index (χ1) is 8.75. The van der Waals surface area contributed by atoms with E-state index in [4.69, 9.17) is 27.9 Å². The first-order valence-electron chi connectivity index (χ1n) is 5.06. The van der Waals surface area contributed by atoms with E-state index < -0.39 is 0 Å². The van der Waals surface area contributed by atoms with Crippen LogP contribution in [0.1, 0.15) is 5.56 Å². The van der Waals surface area contributed by atoms with Crippen molar-refractivity contribution in [1.29, 1.82) is 0 Å². The fourth-order valence-corrected chi connectivity index (χ4v) is 1.73. The molecule has 0 aliphatic carbocycles. The van der Waals surface area contributed by atoms with E-state index in [2.05, 4.69) is 19.7 Å². The Bertz CT molecular complexity index is 480. The van der Waals surface area contributed by atoms with Crippen molar-refractivity contribution in [2.45, 2.75) is 6.61 Å². The summed E-state index contributed by atoms with van der Waals surface area (Å²) in [7, 11) is 0. The molecule has 2 aromatic rings. The van der Waals surface area contributed by atoms with Crippen LogP contribution in [0.4, 0.5) is 0 Å². The topological polar surface area (TPSA) is 9.23 Å². The van der Waals surface area contributed by atoms with Crippen LogP contribution in [0.15, 0.2) is 42.5 Å². The van der Waals surface area contributed by atoms with Crippen LogP contribution in [0.3, 0.4) is 0 Å². The zero-order chi connectivity index (χ0) is 13.4. The van der Waals surface area contributed by atoms with Crippen molar-refractivity contribution in [3.63, 3.8) is 0 Å². The summed E-state index contributed by atoms with van der Waals surface area (Å²) >= 11 is 16.0.